The molecule has 0 aliphatic heterocycles. The number of rotatable bonds is 4. The Morgan fingerprint density at radius 2 is 2.25 bits per heavy atom. The average molecular weight is 218 g/mol. The van der Waals surface area contributed by atoms with Crippen LogP contribution in [0.1, 0.15) is 20.3 Å². The maximum atomic E-state index is 11.0. The number of amides is 1. The number of benzene rings is 1. The van der Waals surface area contributed by atoms with Gasteiger partial charge in [-0.2, -0.15) is 5.26 Å². The summed E-state index contributed by atoms with van der Waals surface area (Å²) in [6.45, 7) is 3.30. The minimum atomic E-state index is -0.491. The number of hydrogen-bond donors (Lipinski definition) is 1. The molecular formula is C12H14N2O2. The first-order chi connectivity index (χ1) is 7.67. The van der Waals surface area contributed by atoms with E-state index in [0.29, 0.717) is 17.9 Å². The third-order valence-electron chi connectivity index (χ3n) is 1.98. The smallest absolute Gasteiger partial charge is 0.221 e. The van der Waals surface area contributed by atoms with E-state index in [1.165, 1.54) is 6.92 Å². The van der Waals surface area contributed by atoms with Crippen LogP contribution in [0, 0.1) is 11.3 Å². The van der Waals surface area contributed by atoms with Gasteiger partial charge in [0.2, 0.25) is 5.91 Å². The van der Waals surface area contributed by atoms with Crippen molar-refractivity contribution in [1.82, 2.24) is 0 Å². The minimum Gasteiger partial charge on any atom is -0.473 e. The van der Waals surface area contributed by atoms with Crippen molar-refractivity contribution in [3.8, 4) is 11.8 Å². The summed E-state index contributed by atoms with van der Waals surface area (Å²) >= 11 is 0. The molecule has 0 aliphatic carbocycles. The molecule has 1 aromatic rings. The predicted octanol–water partition coefficient (Wildman–Crippen LogP) is 2.33. The Kier molecular flexibility index (Phi) is 4.34. The maximum absolute atomic E-state index is 11.0. The van der Waals surface area contributed by atoms with Crippen molar-refractivity contribution in [1.29, 1.82) is 5.26 Å². The zero-order valence-electron chi connectivity index (χ0n) is 9.36. The Hall–Kier alpha value is -2.02. The van der Waals surface area contributed by atoms with E-state index < -0.39 is 6.10 Å². The Morgan fingerprint density at radius 1 is 1.56 bits per heavy atom. The summed E-state index contributed by atoms with van der Waals surface area (Å²) < 4.78 is 5.47. The summed E-state index contributed by atoms with van der Waals surface area (Å²) in [5.41, 5.74) is 0.587. The lowest BCUT2D eigenvalue weighted by Crippen LogP contribution is -2.14. The molecule has 84 valence electrons. The molecule has 0 heterocycles. The van der Waals surface area contributed by atoms with E-state index in [4.69, 9.17) is 10.00 Å². The molecule has 16 heavy (non-hydrogen) atoms. The molecule has 0 radical (unpaired) electrons. The number of nitrogens with one attached hydrogen (secondary N) is 1. The average Bonchev–Trinajstić information content (AvgIpc) is 2.27. The first kappa shape index (κ1) is 12.1. The van der Waals surface area contributed by atoms with Crippen LogP contribution in [0.2, 0.25) is 0 Å². The zero-order valence-corrected chi connectivity index (χ0v) is 9.36. The molecule has 4 nitrogen and oxygen atoms in total. The van der Waals surface area contributed by atoms with Gasteiger partial charge in [-0.05, 0) is 18.6 Å². The third kappa shape index (κ3) is 3.28. The van der Waals surface area contributed by atoms with E-state index in [-0.39, 0.29) is 5.91 Å². The number of anilines is 1. The first-order valence-electron chi connectivity index (χ1n) is 5.10. The van der Waals surface area contributed by atoms with Gasteiger partial charge in [-0.1, -0.05) is 19.1 Å². The number of ether oxygens (including phenoxy) is 1. The molecule has 0 spiro atoms. The molecule has 0 bridgehead atoms. The Bertz CT molecular complexity index is 410. The maximum Gasteiger partial charge on any atom is 0.221 e. The number of nitriles is 1. The zero-order chi connectivity index (χ0) is 12.0. The second-order valence-corrected chi connectivity index (χ2v) is 3.32. The Balaban J connectivity index is 2.86. The van der Waals surface area contributed by atoms with Gasteiger partial charge in [0.1, 0.15) is 11.8 Å². The number of carbonyl (C=O) groups is 1. The van der Waals surface area contributed by atoms with Gasteiger partial charge < -0.3 is 10.1 Å². The highest BCUT2D eigenvalue weighted by atomic mass is 16.5. The van der Waals surface area contributed by atoms with Gasteiger partial charge in [0, 0.05) is 6.92 Å². The molecule has 4 heteroatoms. The lowest BCUT2D eigenvalue weighted by Gasteiger charge is -2.14. The van der Waals surface area contributed by atoms with Crippen LogP contribution in [0.5, 0.6) is 5.75 Å². The number of hydrogen-bond acceptors (Lipinski definition) is 3. The first-order valence-corrected chi connectivity index (χ1v) is 5.10. The summed E-state index contributed by atoms with van der Waals surface area (Å²) in [5.74, 6) is 0.354. The van der Waals surface area contributed by atoms with Crippen molar-refractivity contribution < 1.29 is 9.53 Å². The Labute approximate surface area is 94.8 Å². The summed E-state index contributed by atoms with van der Waals surface area (Å²) in [5, 5.41) is 11.5. The summed E-state index contributed by atoms with van der Waals surface area (Å²) in [7, 11) is 0. The topological polar surface area (TPSA) is 62.1 Å². The molecule has 1 rings (SSSR count). The van der Waals surface area contributed by atoms with E-state index in [0.717, 1.165) is 0 Å². The van der Waals surface area contributed by atoms with E-state index in [9.17, 15) is 4.79 Å². The number of carbonyl (C=O) groups excluding carboxylic acids is 1. The van der Waals surface area contributed by atoms with Crippen molar-refractivity contribution in [2.24, 2.45) is 0 Å². The molecule has 0 saturated carbocycles. The standard InChI is InChI=1S/C12H14N2O2/c1-3-10(8-13)16-12-7-5-4-6-11(12)14-9(2)15/h4-7,10H,3H2,1-2H3,(H,14,15). The van der Waals surface area contributed by atoms with Crippen LogP contribution in [-0.2, 0) is 4.79 Å². The molecular weight excluding hydrogens is 204 g/mol. The second-order valence-electron chi connectivity index (χ2n) is 3.32. The highest BCUT2D eigenvalue weighted by molar-refractivity contribution is 5.90. The van der Waals surface area contributed by atoms with Crippen LogP contribution in [0.4, 0.5) is 5.69 Å². The fraction of sp³-hybridized carbons (Fsp3) is 0.333. The van der Waals surface area contributed by atoms with E-state index in [1.54, 1.807) is 24.3 Å². The van der Waals surface area contributed by atoms with Crippen LogP contribution in [0.25, 0.3) is 0 Å². The van der Waals surface area contributed by atoms with Gasteiger partial charge in [0.05, 0.1) is 5.69 Å². The quantitative estimate of drug-likeness (QED) is 0.843. The van der Waals surface area contributed by atoms with E-state index in [2.05, 4.69) is 5.32 Å². The van der Waals surface area contributed by atoms with Gasteiger partial charge in [-0.25, -0.2) is 0 Å². The molecule has 1 unspecified atom stereocenters. The summed E-state index contributed by atoms with van der Waals surface area (Å²) in [4.78, 5) is 11.0. The lowest BCUT2D eigenvalue weighted by atomic mass is 10.2. The van der Waals surface area contributed by atoms with Crippen LogP contribution >= 0.6 is 0 Å². The van der Waals surface area contributed by atoms with E-state index >= 15 is 0 Å². The van der Waals surface area contributed by atoms with Crippen LogP contribution in [0.3, 0.4) is 0 Å². The fourth-order valence-electron chi connectivity index (χ4n) is 1.22. The highest BCUT2D eigenvalue weighted by Crippen LogP contribution is 2.25. The van der Waals surface area contributed by atoms with Crippen molar-refractivity contribution in [3.63, 3.8) is 0 Å². The van der Waals surface area contributed by atoms with Crippen LogP contribution in [0.15, 0.2) is 24.3 Å². The van der Waals surface area contributed by atoms with Gasteiger partial charge in [-0.3, -0.25) is 4.79 Å². The molecule has 0 fully saturated rings. The third-order valence-corrected chi connectivity index (χ3v) is 1.98. The molecule has 0 aromatic heterocycles. The molecule has 1 amide bonds. The molecule has 1 atom stereocenters. The van der Waals surface area contributed by atoms with Gasteiger partial charge in [-0.15, -0.1) is 0 Å². The van der Waals surface area contributed by atoms with Crippen LogP contribution in [-0.4, -0.2) is 12.0 Å². The summed E-state index contributed by atoms with van der Waals surface area (Å²) in [6.07, 6.45) is 0.111. The SMILES string of the molecule is CCC(C#N)Oc1ccccc1NC(C)=O. The summed E-state index contributed by atoms with van der Waals surface area (Å²) in [6, 6.07) is 9.10. The van der Waals surface area contributed by atoms with E-state index in [1.807, 2.05) is 13.0 Å². The van der Waals surface area contributed by atoms with Gasteiger partial charge >= 0.3 is 0 Å². The van der Waals surface area contributed by atoms with Crippen molar-refractivity contribution in [2.75, 3.05) is 5.32 Å². The number of para-hydroxylation sites is 2. The monoisotopic (exact) mass is 218 g/mol. The van der Waals surface area contributed by atoms with Crippen molar-refractivity contribution in [2.45, 2.75) is 26.4 Å². The Morgan fingerprint density at radius 3 is 2.81 bits per heavy atom. The number of nitrogens with zero attached hydrogens (tertiary/aromatic N) is 1. The van der Waals surface area contributed by atoms with Gasteiger partial charge in [0.25, 0.3) is 0 Å². The molecule has 0 aliphatic rings. The molecule has 1 aromatic carbocycles. The second kappa shape index (κ2) is 5.76. The highest BCUT2D eigenvalue weighted by Gasteiger charge is 2.10. The van der Waals surface area contributed by atoms with Crippen LogP contribution < -0.4 is 10.1 Å². The van der Waals surface area contributed by atoms with Crippen molar-refractivity contribution >= 4 is 11.6 Å². The van der Waals surface area contributed by atoms with Crippen molar-refractivity contribution in [3.05, 3.63) is 24.3 Å². The molecule has 1 N–H and O–H groups in total. The van der Waals surface area contributed by atoms with Gasteiger partial charge in [0.15, 0.2) is 6.10 Å². The normalized spacial score (nSPS) is 11.3. The fourth-order valence-corrected chi connectivity index (χ4v) is 1.22. The largest absolute Gasteiger partial charge is 0.473 e. The molecule has 0 saturated heterocycles. The predicted molar refractivity (Wildman–Crippen MR) is 61.1 cm³/mol. The lowest BCUT2D eigenvalue weighted by molar-refractivity contribution is -0.114. The minimum absolute atomic E-state index is 0.166.